The Bertz CT molecular complexity index is 136. The average molecular weight is 128 g/mol. The second kappa shape index (κ2) is 2.91. The molecule has 0 aliphatic rings. The molecule has 0 atom stereocenters. The van der Waals surface area contributed by atoms with Crippen molar-refractivity contribution >= 4 is 11.9 Å². The summed E-state index contributed by atoms with van der Waals surface area (Å²) < 4.78 is 0. The summed E-state index contributed by atoms with van der Waals surface area (Å²) >= 11 is 0. The fourth-order valence-electron chi connectivity index (χ4n) is 0.214. The van der Waals surface area contributed by atoms with Crippen molar-refractivity contribution in [1.29, 1.82) is 5.41 Å². The largest absolute Gasteiger partial charge is 0.368 e. The van der Waals surface area contributed by atoms with E-state index in [0.29, 0.717) is 0 Å². The minimum atomic E-state index is -0.339. The molecular formula is C4H10N5. The molecule has 4 N–H and O–H groups in total. The summed E-state index contributed by atoms with van der Waals surface area (Å²) in [4.78, 5) is 4.81. The van der Waals surface area contributed by atoms with Gasteiger partial charge in [-0.1, -0.05) is 0 Å². The Hall–Kier alpha value is -1.26. The second-order valence-corrected chi connectivity index (χ2v) is 1.72. The van der Waals surface area contributed by atoms with Crippen molar-refractivity contribution in [3.8, 4) is 0 Å². The Morgan fingerprint density at radius 3 is 2.11 bits per heavy atom. The summed E-state index contributed by atoms with van der Waals surface area (Å²) in [7, 11) is 3.32. The SMILES string of the molecule is CN(C)/C([NH])=N/C(=N)N. The fraction of sp³-hybridized carbons (Fsp3) is 0.500. The predicted molar refractivity (Wildman–Crippen MR) is 36.1 cm³/mol. The van der Waals surface area contributed by atoms with E-state index in [9.17, 15) is 0 Å². The van der Waals surface area contributed by atoms with Gasteiger partial charge >= 0.3 is 0 Å². The molecule has 1 radical (unpaired) electrons. The van der Waals surface area contributed by atoms with E-state index in [1.165, 1.54) is 4.90 Å². The zero-order valence-electron chi connectivity index (χ0n) is 5.47. The monoisotopic (exact) mass is 128 g/mol. The van der Waals surface area contributed by atoms with Crippen molar-refractivity contribution in [3.05, 3.63) is 0 Å². The van der Waals surface area contributed by atoms with E-state index in [4.69, 9.17) is 16.9 Å². The van der Waals surface area contributed by atoms with Gasteiger partial charge in [0.1, 0.15) is 0 Å². The normalized spacial score (nSPS) is 11.1. The highest BCUT2D eigenvalue weighted by Crippen LogP contribution is 1.75. The number of nitrogens with two attached hydrogens (primary N) is 1. The highest BCUT2D eigenvalue weighted by atomic mass is 15.2. The van der Waals surface area contributed by atoms with Crippen molar-refractivity contribution in [2.45, 2.75) is 0 Å². The van der Waals surface area contributed by atoms with Gasteiger partial charge in [0, 0.05) is 14.1 Å². The van der Waals surface area contributed by atoms with Crippen LogP contribution in [0.1, 0.15) is 0 Å². The number of nitrogens with one attached hydrogen (secondary N) is 2. The van der Waals surface area contributed by atoms with Crippen LogP contribution in [0.3, 0.4) is 0 Å². The van der Waals surface area contributed by atoms with Crippen molar-refractivity contribution in [2.75, 3.05) is 14.1 Å². The molecule has 5 heteroatoms. The van der Waals surface area contributed by atoms with Gasteiger partial charge in [-0.15, -0.1) is 0 Å². The molecule has 51 valence electrons. The third-order valence-corrected chi connectivity index (χ3v) is 0.650. The van der Waals surface area contributed by atoms with Crippen molar-refractivity contribution in [1.82, 2.24) is 10.6 Å². The van der Waals surface area contributed by atoms with E-state index in [0.717, 1.165) is 0 Å². The number of rotatable bonds is 0. The van der Waals surface area contributed by atoms with Crippen LogP contribution in [0.4, 0.5) is 0 Å². The molecule has 0 spiro atoms. The molecule has 0 fully saturated rings. The first-order valence-electron chi connectivity index (χ1n) is 2.35. The Morgan fingerprint density at radius 1 is 1.56 bits per heavy atom. The van der Waals surface area contributed by atoms with Crippen LogP contribution < -0.4 is 11.5 Å². The van der Waals surface area contributed by atoms with Gasteiger partial charge in [0.25, 0.3) is 0 Å². The van der Waals surface area contributed by atoms with Gasteiger partial charge in [0.15, 0.2) is 0 Å². The van der Waals surface area contributed by atoms with Crippen molar-refractivity contribution < 1.29 is 0 Å². The molecule has 0 unspecified atom stereocenters. The van der Waals surface area contributed by atoms with Gasteiger partial charge in [0.05, 0.1) is 0 Å². The van der Waals surface area contributed by atoms with Crippen LogP contribution in [0.25, 0.3) is 0 Å². The van der Waals surface area contributed by atoms with E-state index in [1.54, 1.807) is 14.1 Å². The molecule has 0 aromatic heterocycles. The fourth-order valence-corrected chi connectivity index (χ4v) is 0.214. The van der Waals surface area contributed by atoms with Crippen LogP contribution in [0.15, 0.2) is 4.99 Å². The molecule has 0 aromatic rings. The molecule has 0 saturated heterocycles. The Morgan fingerprint density at radius 2 is 2.00 bits per heavy atom. The lowest BCUT2D eigenvalue weighted by Gasteiger charge is -2.07. The maximum atomic E-state index is 7.01. The van der Waals surface area contributed by atoms with Crippen molar-refractivity contribution in [3.63, 3.8) is 0 Å². The molecular weight excluding hydrogens is 118 g/mol. The zero-order valence-corrected chi connectivity index (χ0v) is 5.47. The molecule has 0 aromatic carbocycles. The second-order valence-electron chi connectivity index (χ2n) is 1.72. The first-order chi connectivity index (χ1) is 4.04. The highest BCUT2D eigenvalue weighted by Gasteiger charge is 1.93. The first kappa shape index (κ1) is 7.74. The third kappa shape index (κ3) is 3.33. The minimum Gasteiger partial charge on any atom is -0.368 e. The quantitative estimate of drug-likeness (QED) is 0.326. The summed E-state index contributed by atoms with van der Waals surface area (Å²) in [5.41, 5.74) is 11.9. The van der Waals surface area contributed by atoms with Gasteiger partial charge in [-0.05, 0) is 0 Å². The number of hydrogen-bond donors (Lipinski definition) is 2. The summed E-state index contributed by atoms with van der Waals surface area (Å²) in [5, 5.41) is 6.66. The number of hydrogen-bond acceptors (Lipinski definition) is 1. The standard InChI is InChI=1S/C4H10N5/c1-9(2)4(7)8-3(5)6/h7H,1-2H3,(H3,5,6)/b8-4+. The van der Waals surface area contributed by atoms with Crippen LogP contribution in [-0.2, 0) is 0 Å². The van der Waals surface area contributed by atoms with E-state index in [-0.39, 0.29) is 11.9 Å². The van der Waals surface area contributed by atoms with Gasteiger partial charge < -0.3 is 10.6 Å². The van der Waals surface area contributed by atoms with Crippen LogP contribution in [0, 0.1) is 5.41 Å². The smallest absolute Gasteiger partial charge is 0.220 e. The van der Waals surface area contributed by atoms with Gasteiger partial charge in [-0.3, -0.25) is 11.1 Å². The van der Waals surface area contributed by atoms with E-state index in [2.05, 4.69) is 4.99 Å². The lowest BCUT2D eigenvalue weighted by molar-refractivity contribution is 0.612. The summed E-state index contributed by atoms with van der Waals surface area (Å²) in [6, 6.07) is 0. The molecule has 0 aliphatic carbocycles. The molecule has 0 bridgehead atoms. The first-order valence-corrected chi connectivity index (χ1v) is 2.35. The maximum absolute atomic E-state index is 7.01. The Labute approximate surface area is 53.9 Å². The molecule has 5 nitrogen and oxygen atoms in total. The Balaban J connectivity index is 4.00. The molecule has 9 heavy (non-hydrogen) atoms. The van der Waals surface area contributed by atoms with Gasteiger partial charge in [-0.25, -0.2) is 0 Å². The summed E-state index contributed by atoms with van der Waals surface area (Å²) in [6.07, 6.45) is 0. The summed E-state index contributed by atoms with van der Waals surface area (Å²) in [6.45, 7) is 0. The van der Waals surface area contributed by atoms with E-state index < -0.39 is 0 Å². The van der Waals surface area contributed by atoms with Gasteiger partial charge in [-0.2, -0.15) is 4.99 Å². The summed E-state index contributed by atoms with van der Waals surface area (Å²) in [5.74, 6) is -0.351. The van der Waals surface area contributed by atoms with Gasteiger partial charge in [0.2, 0.25) is 11.9 Å². The molecule has 0 aliphatic heterocycles. The number of nitrogens with zero attached hydrogens (tertiary/aromatic N) is 2. The van der Waals surface area contributed by atoms with Crippen LogP contribution in [0.5, 0.6) is 0 Å². The topological polar surface area (TPSA) is 89.3 Å². The van der Waals surface area contributed by atoms with E-state index >= 15 is 0 Å². The lowest BCUT2D eigenvalue weighted by atomic mass is 10.8. The lowest BCUT2D eigenvalue weighted by Crippen LogP contribution is -2.25. The zero-order chi connectivity index (χ0) is 7.44. The molecule has 0 amide bonds. The van der Waals surface area contributed by atoms with Crippen LogP contribution in [0.2, 0.25) is 0 Å². The minimum absolute atomic E-state index is 0.0116. The molecule has 0 saturated carbocycles. The van der Waals surface area contributed by atoms with Crippen LogP contribution >= 0.6 is 0 Å². The van der Waals surface area contributed by atoms with Crippen molar-refractivity contribution in [2.24, 2.45) is 10.7 Å². The maximum Gasteiger partial charge on any atom is 0.220 e. The third-order valence-electron chi connectivity index (χ3n) is 0.650. The molecule has 0 heterocycles. The number of aliphatic imine (C=N–C) groups is 1. The highest BCUT2D eigenvalue weighted by molar-refractivity contribution is 5.91. The van der Waals surface area contributed by atoms with Crippen LogP contribution in [-0.4, -0.2) is 30.9 Å². The van der Waals surface area contributed by atoms with E-state index in [1.807, 2.05) is 0 Å². The predicted octanol–water partition coefficient (Wildman–Crippen LogP) is -0.920. The Kier molecular flexibility index (Phi) is 2.50. The number of guanidine groups is 2. The molecule has 0 rings (SSSR count). The average Bonchev–Trinajstić information content (AvgIpc) is 1.63.